The van der Waals surface area contributed by atoms with E-state index in [9.17, 15) is 19.2 Å². The third-order valence-corrected chi connectivity index (χ3v) is 3.37. The van der Waals surface area contributed by atoms with Gasteiger partial charge in [0.1, 0.15) is 5.78 Å². The van der Waals surface area contributed by atoms with Crippen molar-refractivity contribution in [3.8, 4) is 0 Å². The summed E-state index contributed by atoms with van der Waals surface area (Å²) in [4.78, 5) is 42.7. The van der Waals surface area contributed by atoms with Gasteiger partial charge >= 0.3 is 0 Å². The Morgan fingerprint density at radius 1 is 0.871 bits per heavy atom. The standard InChI is InChI=1S/C9H20O4.C7H7NO3.C4H6O.2CH4/c1-10-5-9(6-11-2,7-12-3)8-13-4;1-5(9)4-8-6(10)2-3-7(8)11;1-3-4(2)5;;/h5-8H2,1-4H3;2-3H,4H2,1H3;3H,1H2,2H3;2*1H4. The molecule has 0 spiro atoms. The Bertz CT molecular complexity index is 524. The number of hydrogen-bond donors (Lipinski definition) is 0. The maximum absolute atomic E-state index is 10.8. The highest BCUT2D eigenvalue weighted by atomic mass is 16.5. The van der Waals surface area contributed by atoms with Crippen molar-refractivity contribution in [1.29, 1.82) is 0 Å². The van der Waals surface area contributed by atoms with E-state index in [0.29, 0.717) is 26.4 Å². The number of hydrogen-bond acceptors (Lipinski definition) is 8. The average molecular weight is 448 g/mol. The Kier molecular flexibility index (Phi) is 24.6. The van der Waals surface area contributed by atoms with Gasteiger partial charge in [-0.2, -0.15) is 0 Å². The summed E-state index contributed by atoms with van der Waals surface area (Å²) < 4.78 is 20.5. The molecule has 0 aromatic heterocycles. The van der Waals surface area contributed by atoms with Crippen molar-refractivity contribution < 1.29 is 38.1 Å². The number of ether oxygens (including phenoxy) is 4. The molecule has 0 atom stereocenters. The van der Waals surface area contributed by atoms with E-state index in [1.54, 1.807) is 28.4 Å². The van der Waals surface area contributed by atoms with E-state index in [1.165, 1.54) is 19.9 Å². The summed E-state index contributed by atoms with van der Waals surface area (Å²) in [5.41, 5.74) is -0.188. The molecule has 0 aliphatic carbocycles. The van der Waals surface area contributed by atoms with E-state index >= 15 is 0 Å². The molecule has 0 bridgehead atoms. The van der Waals surface area contributed by atoms with Crippen molar-refractivity contribution in [3.05, 3.63) is 24.8 Å². The van der Waals surface area contributed by atoms with Gasteiger partial charge in [0.25, 0.3) is 11.8 Å². The van der Waals surface area contributed by atoms with Crippen LogP contribution < -0.4 is 0 Å². The van der Waals surface area contributed by atoms with E-state index in [2.05, 4.69) is 6.58 Å². The molecule has 31 heavy (non-hydrogen) atoms. The Morgan fingerprint density at radius 3 is 1.35 bits per heavy atom. The van der Waals surface area contributed by atoms with Gasteiger partial charge in [-0.05, 0) is 19.9 Å². The quantitative estimate of drug-likeness (QED) is 0.350. The fraction of sp³-hybridized carbons (Fsp3) is 0.636. The summed E-state index contributed by atoms with van der Waals surface area (Å²) >= 11 is 0. The number of allylic oxidation sites excluding steroid dienone is 1. The zero-order chi connectivity index (χ0) is 22.9. The zero-order valence-corrected chi connectivity index (χ0v) is 18.2. The van der Waals surface area contributed by atoms with Crippen LogP contribution in [0.15, 0.2) is 24.8 Å². The average Bonchev–Trinajstić information content (AvgIpc) is 2.95. The van der Waals surface area contributed by atoms with E-state index in [4.69, 9.17) is 18.9 Å². The van der Waals surface area contributed by atoms with E-state index in [0.717, 1.165) is 17.1 Å². The molecule has 1 rings (SSSR count). The Hall–Kier alpha value is -2.20. The van der Waals surface area contributed by atoms with Gasteiger partial charge in [-0.15, -0.1) is 0 Å². The van der Waals surface area contributed by atoms with Crippen LogP contribution in [0.5, 0.6) is 0 Å². The number of carbonyl (C=O) groups is 4. The fourth-order valence-corrected chi connectivity index (χ4v) is 2.28. The molecule has 1 heterocycles. The van der Waals surface area contributed by atoms with Crippen molar-refractivity contribution in [2.24, 2.45) is 5.41 Å². The highest BCUT2D eigenvalue weighted by Gasteiger charge is 2.30. The van der Waals surface area contributed by atoms with Gasteiger partial charge in [-0.1, -0.05) is 21.4 Å². The maximum atomic E-state index is 10.8. The van der Waals surface area contributed by atoms with Crippen LogP contribution in [0.3, 0.4) is 0 Å². The lowest BCUT2D eigenvalue weighted by atomic mass is 9.92. The number of carbonyl (C=O) groups excluding carboxylic acids is 4. The molecule has 0 saturated heterocycles. The molecule has 0 aromatic carbocycles. The van der Waals surface area contributed by atoms with Gasteiger partial charge in [-0.3, -0.25) is 24.1 Å². The molecule has 0 saturated carbocycles. The van der Waals surface area contributed by atoms with Gasteiger partial charge in [0.05, 0.1) is 38.4 Å². The molecule has 0 aromatic rings. The monoisotopic (exact) mass is 447 g/mol. The molecule has 9 nitrogen and oxygen atoms in total. The predicted molar refractivity (Wildman–Crippen MR) is 121 cm³/mol. The van der Waals surface area contributed by atoms with Crippen molar-refractivity contribution in [2.45, 2.75) is 28.7 Å². The normalized spacial score (nSPS) is 11.9. The predicted octanol–water partition coefficient (Wildman–Crippen LogP) is 2.09. The molecule has 1 aliphatic heterocycles. The summed E-state index contributed by atoms with van der Waals surface area (Å²) in [6.07, 6.45) is 3.59. The second-order valence-electron chi connectivity index (χ2n) is 6.34. The van der Waals surface area contributed by atoms with Crippen molar-refractivity contribution >= 4 is 23.4 Å². The lowest BCUT2D eigenvalue weighted by Crippen LogP contribution is -2.40. The molecule has 0 N–H and O–H groups in total. The van der Waals surface area contributed by atoms with Gasteiger partial charge in [-0.25, -0.2) is 0 Å². The molecule has 0 fully saturated rings. The molecular weight excluding hydrogens is 406 g/mol. The van der Waals surface area contributed by atoms with Crippen LogP contribution in [0.1, 0.15) is 28.7 Å². The van der Waals surface area contributed by atoms with Crippen LogP contribution in [0, 0.1) is 5.41 Å². The minimum Gasteiger partial charge on any atom is -0.384 e. The number of methoxy groups -OCH3 is 4. The topological polar surface area (TPSA) is 108 Å². The van der Waals surface area contributed by atoms with Crippen LogP contribution >= 0.6 is 0 Å². The van der Waals surface area contributed by atoms with Gasteiger partial charge in [0.2, 0.25) is 0 Å². The third kappa shape index (κ3) is 17.2. The Morgan fingerprint density at radius 2 is 1.16 bits per heavy atom. The first-order chi connectivity index (χ1) is 13.6. The second kappa shape index (κ2) is 21.0. The van der Waals surface area contributed by atoms with Crippen LogP contribution in [-0.4, -0.2) is 89.7 Å². The van der Waals surface area contributed by atoms with E-state index < -0.39 is 11.8 Å². The summed E-state index contributed by atoms with van der Waals surface area (Å²) in [6, 6.07) is 0. The SMILES string of the molecule is C.C.C=CC(C)=O.CC(=O)CN1C(=O)C=CC1=O.COCC(COC)(COC)COC. The van der Waals surface area contributed by atoms with Gasteiger partial charge in [0, 0.05) is 40.6 Å². The van der Waals surface area contributed by atoms with Crippen molar-refractivity contribution in [3.63, 3.8) is 0 Å². The molecular formula is C22H41NO8. The second-order valence-corrected chi connectivity index (χ2v) is 6.34. The minimum atomic E-state index is -0.412. The van der Waals surface area contributed by atoms with Crippen molar-refractivity contribution in [2.75, 3.05) is 61.4 Å². The van der Waals surface area contributed by atoms with Crippen LogP contribution in [0.25, 0.3) is 0 Å². The molecule has 182 valence electrons. The number of ketones is 2. The van der Waals surface area contributed by atoms with Crippen molar-refractivity contribution in [1.82, 2.24) is 4.90 Å². The maximum Gasteiger partial charge on any atom is 0.254 e. The van der Waals surface area contributed by atoms with Crippen LogP contribution in [0.4, 0.5) is 0 Å². The zero-order valence-electron chi connectivity index (χ0n) is 18.2. The Balaban J connectivity index is -0.000000185. The third-order valence-electron chi connectivity index (χ3n) is 3.37. The minimum absolute atomic E-state index is 0. The van der Waals surface area contributed by atoms with E-state index in [1.807, 2.05) is 0 Å². The fourth-order valence-electron chi connectivity index (χ4n) is 2.28. The smallest absolute Gasteiger partial charge is 0.254 e. The number of rotatable bonds is 11. The van der Waals surface area contributed by atoms with Gasteiger partial charge in [0.15, 0.2) is 5.78 Å². The highest BCUT2D eigenvalue weighted by molar-refractivity contribution is 6.14. The largest absolute Gasteiger partial charge is 0.384 e. The molecule has 2 amide bonds. The number of imide groups is 1. The first-order valence-electron chi connectivity index (χ1n) is 8.74. The lowest BCUT2D eigenvalue weighted by molar-refractivity contribution is -0.140. The number of amides is 2. The van der Waals surface area contributed by atoms with Gasteiger partial charge < -0.3 is 18.9 Å². The summed E-state index contributed by atoms with van der Waals surface area (Å²) in [5, 5.41) is 0. The molecule has 0 radical (unpaired) electrons. The van der Waals surface area contributed by atoms with Crippen LogP contribution in [0.2, 0.25) is 0 Å². The number of Topliss-reactive ketones (excluding diaryl/α,β-unsaturated/α-hetero) is 1. The first-order valence-corrected chi connectivity index (χ1v) is 8.74. The highest BCUT2D eigenvalue weighted by Crippen LogP contribution is 2.19. The number of nitrogens with zero attached hydrogens (tertiary/aromatic N) is 1. The first kappa shape index (κ1) is 36.2. The lowest BCUT2D eigenvalue weighted by Gasteiger charge is -2.30. The molecule has 1 aliphatic rings. The summed E-state index contributed by atoms with van der Waals surface area (Å²) in [5.74, 6) is -1.00. The summed E-state index contributed by atoms with van der Waals surface area (Å²) in [7, 11) is 6.65. The summed E-state index contributed by atoms with van der Waals surface area (Å²) in [6.45, 7) is 8.18. The van der Waals surface area contributed by atoms with E-state index in [-0.39, 0.29) is 38.4 Å². The Labute approximate surface area is 187 Å². The van der Waals surface area contributed by atoms with Crippen LogP contribution in [-0.2, 0) is 38.1 Å². The molecule has 0 unspecified atom stereocenters. The molecule has 9 heteroatoms.